The van der Waals surface area contributed by atoms with Crippen LogP contribution in [0.4, 0.5) is 0 Å². The average Bonchev–Trinajstić information content (AvgIpc) is 2.66. The molecule has 0 saturated heterocycles. The number of nitrogens with zero attached hydrogens (tertiary/aromatic N) is 3. The van der Waals surface area contributed by atoms with Crippen molar-refractivity contribution in [3.05, 3.63) is 37.0 Å². The third-order valence-electron chi connectivity index (χ3n) is 1.82. The van der Waals surface area contributed by atoms with Gasteiger partial charge >= 0.3 is 0 Å². The van der Waals surface area contributed by atoms with Gasteiger partial charge in [-0.2, -0.15) is 4.98 Å². The maximum Gasteiger partial charge on any atom is 0.240 e. The second-order valence-corrected chi connectivity index (χ2v) is 3.08. The zero-order chi connectivity index (χ0) is 11.1. The Kier molecular flexibility index (Phi) is 7.45. The standard InChI is InChI=1S/C10H16N4O.ClH/c1-3-5-14(6-4-2)8-9-12-10(7-11)15-13-9;/h3-4H,1-2,5-8,11H2;1H. The predicted octanol–water partition coefficient (Wildman–Crippen LogP) is 1.12. The summed E-state index contributed by atoms with van der Waals surface area (Å²) in [5.74, 6) is 1.10. The van der Waals surface area contributed by atoms with E-state index in [0.717, 1.165) is 13.1 Å². The van der Waals surface area contributed by atoms with E-state index in [1.165, 1.54) is 0 Å². The van der Waals surface area contributed by atoms with Crippen LogP contribution in [0.3, 0.4) is 0 Å². The summed E-state index contributed by atoms with van der Waals surface area (Å²) in [4.78, 5) is 6.21. The SMILES string of the molecule is C=CCN(CC=C)Cc1noc(CN)n1.Cl. The van der Waals surface area contributed by atoms with Gasteiger partial charge in [-0.1, -0.05) is 17.3 Å². The van der Waals surface area contributed by atoms with E-state index in [9.17, 15) is 0 Å². The van der Waals surface area contributed by atoms with Crippen LogP contribution in [-0.4, -0.2) is 28.1 Å². The van der Waals surface area contributed by atoms with Crippen molar-refractivity contribution in [3.63, 3.8) is 0 Å². The lowest BCUT2D eigenvalue weighted by Crippen LogP contribution is -2.23. The van der Waals surface area contributed by atoms with Crippen LogP contribution in [-0.2, 0) is 13.1 Å². The van der Waals surface area contributed by atoms with E-state index in [1.807, 2.05) is 12.2 Å². The van der Waals surface area contributed by atoms with Crippen molar-refractivity contribution in [2.75, 3.05) is 13.1 Å². The minimum atomic E-state index is 0. The number of nitrogens with two attached hydrogens (primary N) is 1. The van der Waals surface area contributed by atoms with E-state index < -0.39 is 0 Å². The van der Waals surface area contributed by atoms with Crippen molar-refractivity contribution >= 4 is 12.4 Å². The average molecular weight is 245 g/mol. The van der Waals surface area contributed by atoms with Crippen molar-refractivity contribution in [2.24, 2.45) is 5.73 Å². The van der Waals surface area contributed by atoms with Crippen molar-refractivity contribution in [1.82, 2.24) is 15.0 Å². The molecule has 0 aliphatic heterocycles. The van der Waals surface area contributed by atoms with Crippen LogP contribution in [0.5, 0.6) is 0 Å². The maximum absolute atomic E-state index is 5.37. The van der Waals surface area contributed by atoms with Gasteiger partial charge in [0.05, 0.1) is 13.1 Å². The van der Waals surface area contributed by atoms with Gasteiger partial charge in [0.2, 0.25) is 5.89 Å². The fraction of sp³-hybridized carbons (Fsp3) is 0.400. The lowest BCUT2D eigenvalue weighted by Gasteiger charge is -2.15. The molecule has 0 spiro atoms. The second kappa shape index (κ2) is 8.04. The number of halogens is 1. The zero-order valence-electron chi connectivity index (χ0n) is 9.13. The first-order valence-corrected chi connectivity index (χ1v) is 4.75. The Labute approximate surface area is 101 Å². The molecule has 0 aliphatic carbocycles. The number of hydrogen-bond donors (Lipinski definition) is 1. The monoisotopic (exact) mass is 244 g/mol. The summed E-state index contributed by atoms with van der Waals surface area (Å²) in [6.45, 7) is 9.78. The first-order chi connectivity index (χ1) is 7.30. The fourth-order valence-corrected chi connectivity index (χ4v) is 1.21. The maximum atomic E-state index is 5.37. The normalized spacial score (nSPS) is 9.88. The summed E-state index contributed by atoms with van der Waals surface area (Å²) < 4.78 is 4.91. The van der Waals surface area contributed by atoms with Gasteiger partial charge in [-0.25, -0.2) is 0 Å². The summed E-state index contributed by atoms with van der Waals surface area (Å²) in [7, 11) is 0. The molecule has 6 heteroatoms. The Morgan fingerprint density at radius 1 is 1.31 bits per heavy atom. The first-order valence-electron chi connectivity index (χ1n) is 4.75. The highest BCUT2D eigenvalue weighted by atomic mass is 35.5. The van der Waals surface area contributed by atoms with Crippen LogP contribution in [0, 0.1) is 0 Å². The Balaban J connectivity index is 0.00000225. The quantitative estimate of drug-likeness (QED) is 0.728. The summed E-state index contributed by atoms with van der Waals surface area (Å²) in [5, 5.41) is 3.81. The topological polar surface area (TPSA) is 68.2 Å². The molecule has 0 unspecified atom stereocenters. The summed E-state index contributed by atoms with van der Waals surface area (Å²) in [6.07, 6.45) is 3.65. The van der Waals surface area contributed by atoms with Crippen LogP contribution >= 0.6 is 12.4 Å². The largest absolute Gasteiger partial charge is 0.338 e. The molecule has 1 heterocycles. The number of aromatic nitrogens is 2. The molecule has 2 N–H and O–H groups in total. The smallest absolute Gasteiger partial charge is 0.240 e. The van der Waals surface area contributed by atoms with E-state index >= 15 is 0 Å². The highest BCUT2D eigenvalue weighted by molar-refractivity contribution is 5.85. The van der Waals surface area contributed by atoms with E-state index in [2.05, 4.69) is 28.2 Å². The van der Waals surface area contributed by atoms with Crippen molar-refractivity contribution in [1.29, 1.82) is 0 Å². The highest BCUT2D eigenvalue weighted by Crippen LogP contribution is 2.01. The second-order valence-electron chi connectivity index (χ2n) is 3.08. The molecule has 0 saturated carbocycles. The summed E-state index contributed by atoms with van der Waals surface area (Å²) >= 11 is 0. The van der Waals surface area contributed by atoms with E-state index in [4.69, 9.17) is 10.3 Å². The van der Waals surface area contributed by atoms with Gasteiger partial charge in [0.25, 0.3) is 0 Å². The van der Waals surface area contributed by atoms with Gasteiger partial charge < -0.3 is 10.3 Å². The number of rotatable bonds is 7. The molecule has 0 bridgehead atoms. The Morgan fingerprint density at radius 2 is 1.94 bits per heavy atom. The molecular weight excluding hydrogens is 228 g/mol. The molecule has 0 atom stereocenters. The summed E-state index contributed by atoms with van der Waals surface area (Å²) in [6, 6.07) is 0. The minimum absolute atomic E-state index is 0. The molecule has 5 nitrogen and oxygen atoms in total. The minimum Gasteiger partial charge on any atom is -0.338 e. The van der Waals surface area contributed by atoms with Crippen molar-refractivity contribution in [3.8, 4) is 0 Å². The Bertz CT molecular complexity index is 316. The highest BCUT2D eigenvalue weighted by Gasteiger charge is 2.08. The van der Waals surface area contributed by atoms with Gasteiger partial charge in [0.15, 0.2) is 5.82 Å². The Morgan fingerprint density at radius 3 is 2.38 bits per heavy atom. The van der Waals surface area contributed by atoms with E-state index in [-0.39, 0.29) is 19.0 Å². The first kappa shape index (κ1) is 14.8. The predicted molar refractivity (Wildman–Crippen MR) is 65.1 cm³/mol. The fourth-order valence-electron chi connectivity index (χ4n) is 1.21. The van der Waals surface area contributed by atoms with Crippen LogP contribution < -0.4 is 5.73 Å². The molecule has 0 aliphatic rings. The molecular formula is C10H17ClN4O. The summed E-state index contributed by atoms with van der Waals surface area (Å²) in [5.41, 5.74) is 5.37. The molecule has 16 heavy (non-hydrogen) atoms. The molecule has 90 valence electrons. The molecule has 0 amide bonds. The molecule has 1 aromatic rings. The lowest BCUT2D eigenvalue weighted by atomic mass is 10.4. The Hall–Kier alpha value is -1.17. The third-order valence-corrected chi connectivity index (χ3v) is 1.82. The molecule has 1 aromatic heterocycles. The van der Waals surface area contributed by atoms with Gasteiger partial charge in [0.1, 0.15) is 0 Å². The van der Waals surface area contributed by atoms with Crippen molar-refractivity contribution in [2.45, 2.75) is 13.1 Å². The molecule has 0 aromatic carbocycles. The van der Waals surface area contributed by atoms with Crippen LogP contribution in [0.1, 0.15) is 11.7 Å². The van der Waals surface area contributed by atoms with Crippen LogP contribution in [0.15, 0.2) is 29.8 Å². The van der Waals surface area contributed by atoms with Gasteiger partial charge in [0, 0.05) is 13.1 Å². The van der Waals surface area contributed by atoms with Gasteiger partial charge in [-0.15, -0.1) is 25.6 Å². The molecule has 1 rings (SSSR count). The van der Waals surface area contributed by atoms with E-state index in [1.54, 1.807) is 0 Å². The van der Waals surface area contributed by atoms with Crippen molar-refractivity contribution < 1.29 is 4.52 Å². The van der Waals surface area contributed by atoms with Crippen LogP contribution in [0.25, 0.3) is 0 Å². The van der Waals surface area contributed by atoms with Gasteiger partial charge in [-0.05, 0) is 0 Å². The van der Waals surface area contributed by atoms with E-state index in [0.29, 0.717) is 18.3 Å². The zero-order valence-corrected chi connectivity index (χ0v) is 9.95. The molecule has 0 radical (unpaired) electrons. The third kappa shape index (κ3) is 4.57. The molecule has 0 fully saturated rings. The number of hydrogen-bond acceptors (Lipinski definition) is 5. The van der Waals surface area contributed by atoms with Gasteiger partial charge in [-0.3, -0.25) is 4.90 Å². The van der Waals surface area contributed by atoms with Crippen LogP contribution in [0.2, 0.25) is 0 Å². The lowest BCUT2D eigenvalue weighted by molar-refractivity contribution is 0.306.